The molecule has 0 saturated heterocycles. The maximum absolute atomic E-state index is 13.0. The van der Waals surface area contributed by atoms with Crippen LogP contribution in [0.3, 0.4) is 0 Å². The van der Waals surface area contributed by atoms with Crippen molar-refractivity contribution in [2.75, 3.05) is 7.11 Å². The third-order valence-electron chi connectivity index (χ3n) is 4.18. The van der Waals surface area contributed by atoms with E-state index < -0.39 is 11.7 Å². The van der Waals surface area contributed by atoms with Crippen molar-refractivity contribution in [1.29, 1.82) is 0 Å². The number of methoxy groups -OCH3 is 1. The fourth-order valence-electron chi connectivity index (χ4n) is 2.68. The molecule has 154 valence electrons. The molecule has 0 aliphatic rings. The third-order valence-corrected chi connectivity index (χ3v) is 5.99. The molecule has 0 aliphatic carbocycles. The van der Waals surface area contributed by atoms with Gasteiger partial charge in [0.05, 0.1) is 30.1 Å². The van der Waals surface area contributed by atoms with E-state index in [-0.39, 0.29) is 5.56 Å². The Morgan fingerprint density at radius 1 is 1.13 bits per heavy atom. The van der Waals surface area contributed by atoms with Crippen LogP contribution in [0.4, 0.5) is 13.2 Å². The predicted molar refractivity (Wildman–Crippen MR) is 108 cm³/mol. The molecule has 0 fully saturated rings. The Bertz CT molecular complexity index is 1240. The summed E-state index contributed by atoms with van der Waals surface area (Å²) in [5, 5.41) is 0.366. The number of thiazole rings is 1. The molecule has 1 aromatic carbocycles. The zero-order chi connectivity index (χ0) is 21.3. The van der Waals surface area contributed by atoms with Gasteiger partial charge in [0.25, 0.3) is 5.56 Å². The maximum atomic E-state index is 13.0. The topological polar surface area (TPSA) is 69.9 Å². The van der Waals surface area contributed by atoms with Gasteiger partial charge >= 0.3 is 6.18 Å². The van der Waals surface area contributed by atoms with Crippen LogP contribution in [0.1, 0.15) is 11.1 Å². The summed E-state index contributed by atoms with van der Waals surface area (Å²) in [4.78, 5) is 25.8. The minimum absolute atomic E-state index is 0.288. The zero-order valence-corrected chi connectivity index (χ0v) is 17.0. The summed E-state index contributed by atoms with van der Waals surface area (Å²) < 4.78 is 45.1. The van der Waals surface area contributed by atoms with E-state index in [2.05, 4.69) is 15.0 Å². The lowest BCUT2D eigenvalue weighted by molar-refractivity contribution is -0.137. The standard InChI is InChI=1S/C19H13F3N4O2S2/c1-28-14-7-6-13(8-23-14)26-17(27)15-16(24-10-30-15)25-18(26)29-9-11-2-4-12(5-3-11)19(20,21)22/h2-8,10H,9H2,1H3. The molecule has 0 amide bonds. The number of pyridine rings is 1. The first-order valence-electron chi connectivity index (χ1n) is 8.52. The lowest BCUT2D eigenvalue weighted by Crippen LogP contribution is -2.21. The number of alkyl halides is 3. The Balaban J connectivity index is 1.69. The van der Waals surface area contributed by atoms with Crippen LogP contribution in [0, 0.1) is 0 Å². The van der Waals surface area contributed by atoms with E-state index in [4.69, 9.17) is 4.74 Å². The smallest absolute Gasteiger partial charge is 0.416 e. The van der Waals surface area contributed by atoms with E-state index in [9.17, 15) is 18.0 Å². The second-order valence-corrected chi connectivity index (χ2v) is 7.88. The van der Waals surface area contributed by atoms with Crippen molar-refractivity contribution in [2.24, 2.45) is 0 Å². The largest absolute Gasteiger partial charge is 0.481 e. The van der Waals surface area contributed by atoms with E-state index in [1.165, 1.54) is 53.1 Å². The Hall–Kier alpha value is -2.92. The van der Waals surface area contributed by atoms with Gasteiger partial charge in [0.2, 0.25) is 5.88 Å². The van der Waals surface area contributed by atoms with Gasteiger partial charge in [0.1, 0.15) is 4.70 Å². The van der Waals surface area contributed by atoms with Crippen molar-refractivity contribution >= 4 is 33.4 Å². The van der Waals surface area contributed by atoms with Gasteiger partial charge in [-0.3, -0.25) is 9.36 Å². The van der Waals surface area contributed by atoms with E-state index in [1.54, 1.807) is 17.6 Å². The molecule has 11 heteroatoms. The highest BCUT2D eigenvalue weighted by atomic mass is 32.2. The summed E-state index contributed by atoms with van der Waals surface area (Å²) in [6.45, 7) is 0. The zero-order valence-electron chi connectivity index (χ0n) is 15.4. The van der Waals surface area contributed by atoms with Gasteiger partial charge < -0.3 is 4.74 Å². The number of aromatic nitrogens is 4. The van der Waals surface area contributed by atoms with Crippen LogP contribution in [0.15, 0.2) is 58.1 Å². The van der Waals surface area contributed by atoms with Crippen LogP contribution in [-0.2, 0) is 11.9 Å². The van der Waals surface area contributed by atoms with Crippen LogP contribution in [0.5, 0.6) is 5.88 Å². The summed E-state index contributed by atoms with van der Waals surface area (Å²) in [6.07, 6.45) is -2.89. The fraction of sp³-hybridized carbons (Fsp3) is 0.158. The van der Waals surface area contributed by atoms with Crippen molar-refractivity contribution in [3.05, 3.63) is 69.6 Å². The van der Waals surface area contributed by atoms with Gasteiger partial charge in [0.15, 0.2) is 10.8 Å². The number of hydrogen-bond donors (Lipinski definition) is 0. The molecule has 0 atom stereocenters. The molecule has 0 spiro atoms. The molecule has 0 unspecified atom stereocenters. The molecular weight excluding hydrogens is 437 g/mol. The van der Waals surface area contributed by atoms with Crippen molar-refractivity contribution in [3.8, 4) is 11.6 Å². The lowest BCUT2D eigenvalue weighted by atomic mass is 10.1. The molecule has 0 radical (unpaired) electrons. The summed E-state index contributed by atoms with van der Waals surface area (Å²) in [5.41, 5.74) is 2.04. The molecule has 0 bridgehead atoms. The van der Waals surface area contributed by atoms with E-state index in [1.807, 2.05) is 0 Å². The molecule has 4 aromatic rings. The highest BCUT2D eigenvalue weighted by Crippen LogP contribution is 2.30. The van der Waals surface area contributed by atoms with Gasteiger partial charge in [0, 0.05) is 11.8 Å². The van der Waals surface area contributed by atoms with Crippen LogP contribution in [-0.4, -0.2) is 26.6 Å². The number of thioether (sulfide) groups is 1. The Morgan fingerprint density at radius 2 is 1.90 bits per heavy atom. The number of hydrogen-bond acceptors (Lipinski definition) is 7. The minimum Gasteiger partial charge on any atom is -0.481 e. The van der Waals surface area contributed by atoms with Gasteiger partial charge in [-0.2, -0.15) is 13.2 Å². The van der Waals surface area contributed by atoms with Crippen molar-refractivity contribution in [3.63, 3.8) is 0 Å². The fourth-order valence-corrected chi connectivity index (χ4v) is 4.29. The molecule has 3 aromatic heterocycles. The predicted octanol–water partition coefficient (Wildman–Crippen LogP) is 4.56. The van der Waals surface area contributed by atoms with E-state index in [0.29, 0.717) is 38.4 Å². The SMILES string of the molecule is COc1ccc(-n2c(SCc3ccc(C(F)(F)F)cc3)nc3ncsc3c2=O)cn1. The normalized spacial score (nSPS) is 11.7. The quantitative estimate of drug-likeness (QED) is 0.328. The molecule has 0 N–H and O–H groups in total. The number of nitrogens with zero attached hydrogens (tertiary/aromatic N) is 4. The average Bonchev–Trinajstić information content (AvgIpc) is 3.21. The van der Waals surface area contributed by atoms with Crippen molar-refractivity contribution < 1.29 is 17.9 Å². The number of ether oxygens (including phenoxy) is 1. The summed E-state index contributed by atoms with van der Waals surface area (Å²) in [7, 11) is 1.49. The van der Waals surface area contributed by atoms with Gasteiger partial charge in [-0.1, -0.05) is 23.9 Å². The molecule has 4 rings (SSSR count). The number of halogens is 3. The monoisotopic (exact) mass is 450 g/mol. The molecule has 0 aliphatic heterocycles. The second-order valence-electron chi connectivity index (χ2n) is 6.08. The van der Waals surface area contributed by atoms with E-state index in [0.717, 1.165) is 12.1 Å². The Morgan fingerprint density at radius 3 is 2.53 bits per heavy atom. The first-order valence-corrected chi connectivity index (χ1v) is 10.4. The van der Waals surface area contributed by atoms with Gasteiger partial charge in [-0.25, -0.2) is 15.0 Å². The van der Waals surface area contributed by atoms with E-state index >= 15 is 0 Å². The van der Waals surface area contributed by atoms with Crippen LogP contribution < -0.4 is 10.3 Å². The Kier molecular flexibility index (Phi) is 5.48. The van der Waals surface area contributed by atoms with Crippen molar-refractivity contribution in [1.82, 2.24) is 19.5 Å². The highest BCUT2D eigenvalue weighted by Gasteiger charge is 2.29. The molecule has 0 saturated carbocycles. The lowest BCUT2D eigenvalue weighted by Gasteiger charge is -2.12. The van der Waals surface area contributed by atoms with Crippen LogP contribution >= 0.6 is 23.1 Å². The first-order chi connectivity index (χ1) is 14.4. The minimum atomic E-state index is -4.38. The number of fused-ring (bicyclic) bond motifs is 1. The van der Waals surface area contributed by atoms with Gasteiger partial charge in [-0.05, 0) is 23.8 Å². The highest BCUT2D eigenvalue weighted by molar-refractivity contribution is 7.98. The summed E-state index contributed by atoms with van der Waals surface area (Å²) in [6, 6.07) is 8.21. The summed E-state index contributed by atoms with van der Waals surface area (Å²) >= 11 is 2.42. The summed E-state index contributed by atoms with van der Waals surface area (Å²) in [5.74, 6) is 0.724. The first kappa shape index (κ1) is 20.4. The van der Waals surface area contributed by atoms with Crippen LogP contribution in [0.2, 0.25) is 0 Å². The van der Waals surface area contributed by atoms with Crippen LogP contribution in [0.25, 0.3) is 16.0 Å². The number of rotatable bonds is 5. The Labute approximate surface area is 176 Å². The molecule has 3 heterocycles. The maximum Gasteiger partial charge on any atom is 0.416 e. The molecule has 30 heavy (non-hydrogen) atoms. The number of benzene rings is 1. The second kappa shape index (κ2) is 8.07. The molecule has 6 nitrogen and oxygen atoms in total. The average molecular weight is 450 g/mol. The van der Waals surface area contributed by atoms with Gasteiger partial charge in [-0.15, -0.1) is 11.3 Å². The molecular formula is C19H13F3N4O2S2. The van der Waals surface area contributed by atoms with Crippen molar-refractivity contribution in [2.45, 2.75) is 17.1 Å². The third kappa shape index (κ3) is 4.03.